The summed E-state index contributed by atoms with van der Waals surface area (Å²) in [4.78, 5) is 0. The standard InChI is InChI=1S/C52H30N2O2S/c1-3-14-32(15-4-1)53-42-23-10-7-18-37(42)50-47(53)39-27-26-31(30-44(39)55-50)34-28-29-36(52-46(34)40-20-9-12-25-45(40)57-52)35-21-13-22-41-48-51(56-49(35)41)38-19-8-11-24-43(38)54(48)33-16-5-2-6-17-33/h1-30H. The van der Waals surface area contributed by atoms with E-state index in [0.717, 1.165) is 88.4 Å². The number of aromatic nitrogens is 2. The molecule has 0 fully saturated rings. The van der Waals surface area contributed by atoms with E-state index in [1.54, 1.807) is 0 Å². The van der Waals surface area contributed by atoms with E-state index in [1.807, 2.05) is 11.3 Å². The first kappa shape index (κ1) is 30.9. The molecule has 5 heteroatoms. The SMILES string of the molecule is c1ccc(-n2c3ccccc3c3oc4cc(-c5ccc(-c6cccc7c6oc6c8ccccc8n(-c8ccccc8)c76)c6sc7ccccc7c56)ccc4c32)cc1. The third-order valence-electron chi connectivity index (χ3n) is 11.7. The van der Waals surface area contributed by atoms with E-state index in [-0.39, 0.29) is 0 Å². The molecule has 5 heterocycles. The molecule has 5 aromatic heterocycles. The van der Waals surface area contributed by atoms with Crippen LogP contribution in [0.4, 0.5) is 0 Å². The van der Waals surface area contributed by atoms with Crippen LogP contribution in [0.25, 0.3) is 120 Å². The predicted octanol–water partition coefficient (Wildman–Crippen LogP) is 15.1. The summed E-state index contributed by atoms with van der Waals surface area (Å²) in [6.07, 6.45) is 0. The van der Waals surface area contributed by atoms with Gasteiger partial charge in [-0.15, -0.1) is 11.3 Å². The first-order valence-corrected chi connectivity index (χ1v) is 20.1. The molecule has 4 nitrogen and oxygen atoms in total. The van der Waals surface area contributed by atoms with Crippen LogP contribution >= 0.6 is 11.3 Å². The van der Waals surface area contributed by atoms with Crippen molar-refractivity contribution in [2.75, 3.05) is 0 Å². The van der Waals surface area contributed by atoms with Crippen LogP contribution < -0.4 is 0 Å². The third-order valence-corrected chi connectivity index (χ3v) is 12.9. The number of benzene rings is 8. The molecule has 0 unspecified atom stereocenters. The maximum absolute atomic E-state index is 7.00. The van der Waals surface area contributed by atoms with Crippen molar-refractivity contribution >= 4 is 97.5 Å². The van der Waals surface area contributed by atoms with Gasteiger partial charge >= 0.3 is 0 Å². The van der Waals surface area contributed by atoms with Gasteiger partial charge in [-0.05, 0) is 83.9 Å². The molecule has 0 atom stereocenters. The van der Waals surface area contributed by atoms with E-state index in [2.05, 4.69) is 191 Å². The average Bonchev–Trinajstić information content (AvgIpc) is 4.08. The number of nitrogens with zero attached hydrogens (tertiary/aromatic N) is 2. The van der Waals surface area contributed by atoms with Crippen LogP contribution in [-0.4, -0.2) is 9.13 Å². The zero-order valence-corrected chi connectivity index (χ0v) is 31.3. The summed E-state index contributed by atoms with van der Waals surface area (Å²) in [5, 5.41) is 6.91. The molecule has 57 heavy (non-hydrogen) atoms. The summed E-state index contributed by atoms with van der Waals surface area (Å²) in [5.41, 5.74) is 14.9. The van der Waals surface area contributed by atoms with Crippen molar-refractivity contribution in [2.45, 2.75) is 0 Å². The Hall–Kier alpha value is -7.34. The van der Waals surface area contributed by atoms with Crippen molar-refractivity contribution in [3.05, 3.63) is 182 Å². The van der Waals surface area contributed by atoms with Gasteiger partial charge in [0, 0.05) is 64.2 Å². The van der Waals surface area contributed by atoms with Crippen LogP contribution in [0.5, 0.6) is 0 Å². The number of fused-ring (bicyclic) bond motifs is 13. The second kappa shape index (κ2) is 11.6. The zero-order valence-electron chi connectivity index (χ0n) is 30.4. The normalized spacial score (nSPS) is 12.2. The molecule has 0 amide bonds. The van der Waals surface area contributed by atoms with Crippen molar-refractivity contribution < 1.29 is 8.83 Å². The number of rotatable bonds is 4. The summed E-state index contributed by atoms with van der Waals surface area (Å²) in [5.74, 6) is 0. The maximum atomic E-state index is 7.00. The molecule has 0 N–H and O–H groups in total. The molecule has 13 rings (SSSR count). The Kier molecular flexibility index (Phi) is 6.29. The second-order valence-electron chi connectivity index (χ2n) is 14.8. The summed E-state index contributed by atoms with van der Waals surface area (Å²) < 4.78 is 21.0. The molecular weight excluding hydrogens is 717 g/mol. The van der Waals surface area contributed by atoms with Crippen LogP contribution in [0.15, 0.2) is 191 Å². The third kappa shape index (κ3) is 4.26. The molecule has 8 aromatic carbocycles. The fraction of sp³-hybridized carbons (Fsp3) is 0. The Morgan fingerprint density at radius 3 is 1.68 bits per heavy atom. The molecule has 0 bridgehead atoms. The smallest absolute Gasteiger partial charge is 0.161 e. The topological polar surface area (TPSA) is 36.1 Å². The van der Waals surface area contributed by atoms with Gasteiger partial charge in [0.15, 0.2) is 11.2 Å². The molecule has 0 saturated heterocycles. The predicted molar refractivity (Wildman–Crippen MR) is 238 cm³/mol. The van der Waals surface area contributed by atoms with Gasteiger partial charge in [-0.25, -0.2) is 0 Å². The van der Waals surface area contributed by atoms with E-state index >= 15 is 0 Å². The van der Waals surface area contributed by atoms with Crippen LogP contribution in [0, 0.1) is 0 Å². The first-order valence-electron chi connectivity index (χ1n) is 19.3. The lowest BCUT2D eigenvalue weighted by Gasteiger charge is -2.11. The fourth-order valence-corrected chi connectivity index (χ4v) is 10.6. The van der Waals surface area contributed by atoms with Crippen molar-refractivity contribution in [1.82, 2.24) is 9.13 Å². The summed E-state index contributed by atoms with van der Waals surface area (Å²) in [6, 6.07) is 64.9. The molecule has 266 valence electrons. The molecule has 0 spiro atoms. The van der Waals surface area contributed by atoms with E-state index < -0.39 is 0 Å². The van der Waals surface area contributed by atoms with Gasteiger partial charge in [0.2, 0.25) is 0 Å². The van der Waals surface area contributed by atoms with Gasteiger partial charge in [0.25, 0.3) is 0 Å². The maximum Gasteiger partial charge on any atom is 0.161 e. The molecular formula is C52H30N2O2S. The van der Waals surface area contributed by atoms with Gasteiger partial charge < -0.3 is 18.0 Å². The average molecular weight is 747 g/mol. The summed E-state index contributed by atoms with van der Waals surface area (Å²) in [6.45, 7) is 0. The molecule has 0 aliphatic heterocycles. The Balaban J connectivity index is 1.05. The number of hydrogen-bond acceptors (Lipinski definition) is 3. The summed E-state index contributed by atoms with van der Waals surface area (Å²) >= 11 is 1.85. The van der Waals surface area contributed by atoms with Crippen molar-refractivity contribution in [1.29, 1.82) is 0 Å². The molecule has 0 radical (unpaired) electrons. The van der Waals surface area contributed by atoms with Crippen molar-refractivity contribution in [2.24, 2.45) is 0 Å². The monoisotopic (exact) mass is 746 g/mol. The van der Waals surface area contributed by atoms with Gasteiger partial charge in [-0.3, -0.25) is 0 Å². The van der Waals surface area contributed by atoms with Gasteiger partial charge in [-0.1, -0.05) is 109 Å². The van der Waals surface area contributed by atoms with Crippen molar-refractivity contribution in [3.8, 4) is 33.6 Å². The molecule has 0 aliphatic rings. The Morgan fingerprint density at radius 1 is 0.386 bits per heavy atom. The van der Waals surface area contributed by atoms with E-state index in [1.165, 1.54) is 31.3 Å². The number of para-hydroxylation sites is 5. The lowest BCUT2D eigenvalue weighted by atomic mass is 9.94. The molecule has 13 aromatic rings. The minimum Gasteiger partial charge on any atom is -0.454 e. The molecule has 0 aliphatic carbocycles. The fourth-order valence-electron chi connectivity index (χ4n) is 9.31. The Morgan fingerprint density at radius 2 is 0.965 bits per heavy atom. The molecule has 0 saturated carbocycles. The van der Waals surface area contributed by atoms with Gasteiger partial charge in [-0.2, -0.15) is 0 Å². The Labute approximate surface area is 329 Å². The van der Waals surface area contributed by atoms with E-state index in [0.29, 0.717) is 0 Å². The number of hydrogen-bond donors (Lipinski definition) is 0. The minimum atomic E-state index is 0.878. The van der Waals surface area contributed by atoms with E-state index in [4.69, 9.17) is 8.83 Å². The van der Waals surface area contributed by atoms with Gasteiger partial charge in [0.1, 0.15) is 22.2 Å². The first-order chi connectivity index (χ1) is 28.3. The largest absolute Gasteiger partial charge is 0.454 e. The highest BCUT2D eigenvalue weighted by atomic mass is 32.1. The Bertz CT molecular complexity index is 3750. The van der Waals surface area contributed by atoms with Gasteiger partial charge in [0.05, 0.1) is 11.0 Å². The van der Waals surface area contributed by atoms with Crippen LogP contribution in [0.2, 0.25) is 0 Å². The lowest BCUT2D eigenvalue weighted by molar-refractivity contribution is 0.673. The van der Waals surface area contributed by atoms with Crippen LogP contribution in [0.3, 0.4) is 0 Å². The quantitative estimate of drug-likeness (QED) is 0.180. The van der Waals surface area contributed by atoms with Crippen LogP contribution in [-0.2, 0) is 0 Å². The summed E-state index contributed by atoms with van der Waals surface area (Å²) in [7, 11) is 0. The van der Waals surface area contributed by atoms with E-state index in [9.17, 15) is 0 Å². The zero-order chi connectivity index (χ0) is 37.2. The highest BCUT2D eigenvalue weighted by molar-refractivity contribution is 7.26. The number of furan rings is 2. The lowest BCUT2D eigenvalue weighted by Crippen LogP contribution is -1.93. The number of thiophene rings is 1. The van der Waals surface area contributed by atoms with Crippen molar-refractivity contribution in [3.63, 3.8) is 0 Å². The second-order valence-corrected chi connectivity index (χ2v) is 15.8. The highest BCUT2D eigenvalue weighted by Crippen LogP contribution is 2.49. The van der Waals surface area contributed by atoms with Crippen LogP contribution in [0.1, 0.15) is 0 Å². The minimum absolute atomic E-state index is 0.878. The highest BCUT2D eigenvalue weighted by Gasteiger charge is 2.24.